The van der Waals surface area contributed by atoms with Crippen LogP contribution in [0.1, 0.15) is 15.9 Å². The highest BCUT2D eigenvalue weighted by Gasteiger charge is 2.15. The molecule has 0 saturated carbocycles. The van der Waals surface area contributed by atoms with Crippen LogP contribution in [0.2, 0.25) is 5.02 Å². The third kappa shape index (κ3) is 3.29. The molecule has 0 aliphatic heterocycles. The number of hydrogen-bond acceptors (Lipinski definition) is 2. The Hall–Kier alpha value is -1.94. The van der Waals surface area contributed by atoms with Crippen molar-refractivity contribution in [2.45, 2.75) is 6.54 Å². The van der Waals surface area contributed by atoms with Crippen LogP contribution in [0.4, 0.5) is 4.39 Å². The van der Waals surface area contributed by atoms with Gasteiger partial charge in [-0.1, -0.05) is 23.7 Å². The van der Waals surface area contributed by atoms with Gasteiger partial charge in [-0.3, -0.25) is 9.78 Å². The second-order valence-corrected chi connectivity index (χ2v) is 4.55. The minimum Gasteiger partial charge on any atom is -0.337 e. The van der Waals surface area contributed by atoms with Gasteiger partial charge in [0.1, 0.15) is 5.82 Å². The predicted molar refractivity (Wildman–Crippen MR) is 71.4 cm³/mol. The minimum absolute atomic E-state index is 0.220. The average Bonchev–Trinajstić information content (AvgIpc) is 2.41. The van der Waals surface area contributed by atoms with Crippen molar-refractivity contribution in [3.63, 3.8) is 0 Å². The molecule has 98 valence electrons. The topological polar surface area (TPSA) is 33.2 Å². The van der Waals surface area contributed by atoms with E-state index in [0.29, 0.717) is 17.1 Å². The summed E-state index contributed by atoms with van der Waals surface area (Å²) in [5.41, 5.74) is 1.20. The molecule has 0 unspecified atom stereocenters. The lowest BCUT2D eigenvalue weighted by atomic mass is 10.2. The van der Waals surface area contributed by atoms with E-state index in [1.54, 1.807) is 25.2 Å². The molecule has 0 atom stereocenters. The molecular weight excluding hydrogens is 267 g/mol. The SMILES string of the molecule is CN(Cc1ccc(F)cc1)C(=O)c1cnccc1Cl. The first-order chi connectivity index (χ1) is 9.08. The molecular formula is C14H12ClFN2O. The summed E-state index contributed by atoms with van der Waals surface area (Å²) in [4.78, 5) is 17.6. The molecule has 0 bridgehead atoms. The second kappa shape index (κ2) is 5.80. The lowest BCUT2D eigenvalue weighted by Gasteiger charge is -2.17. The van der Waals surface area contributed by atoms with Crippen molar-refractivity contribution < 1.29 is 9.18 Å². The summed E-state index contributed by atoms with van der Waals surface area (Å²) in [5, 5.41) is 0.367. The number of amides is 1. The van der Waals surface area contributed by atoms with E-state index in [1.807, 2.05) is 0 Å². The maximum absolute atomic E-state index is 12.8. The zero-order chi connectivity index (χ0) is 13.8. The number of hydrogen-bond donors (Lipinski definition) is 0. The minimum atomic E-state index is -0.298. The maximum Gasteiger partial charge on any atom is 0.256 e. The number of pyridine rings is 1. The average molecular weight is 279 g/mol. The van der Waals surface area contributed by atoms with E-state index in [1.165, 1.54) is 29.4 Å². The van der Waals surface area contributed by atoms with E-state index in [2.05, 4.69) is 4.98 Å². The Balaban J connectivity index is 2.12. The first-order valence-electron chi connectivity index (χ1n) is 5.67. The molecule has 19 heavy (non-hydrogen) atoms. The number of benzene rings is 1. The fraction of sp³-hybridized carbons (Fsp3) is 0.143. The monoisotopic (exact) mass is 278 g/mol. The summed E-state index contributed by atoms with van der Waals surface area (Å²) < 4.78 is 12.8. The van der Waals surface area contributed by atoms with Gasteiger partial charge < -0.3 is 4.90 Å². The smallest absolute Gasteiger partial charge is 0.256 e. The molecule has 1 heterocycles. The molecule has 0 radical (unpaired) electrons. The van der Waals surface area contributed by atoms with Crippen molar-refractivity contribution in [3.8, 4) is 0 Å². The fourth-order valence-electron chi connectivity index (χ4n) is 1.68. The number of carbonyl (C=O) groups is 1. The van der Waals surface area contributed by atoms with E-state index in [4.69, 9.17) is 11.6 Å². The Morgan fingerprint density at radius 2 is 2.00 bits per heavy atom. The molecule has 1 aromatic heterocycles. The zero-order valence-corrected chi connectivity index (χ0v) is 11.1. The quantitative estimate of drug-likeness (QED) is 0.864. The highest BCUT2D eigenvalue weighted by molar-refractivity contribution is 6.33. The molecule has 1 amide bonds. The van der Waals surface area contributed by atoms with Crippen LogP contribution < -0.4 is 0 Å². The molecule has 0 spiro atoms. The van der Waals surface area contributed by atoms with Gasteiger partial charge >= 0.3 is 0 Å². The van der Waals surface area contributed by atoms with Crippen molar-refractivity contribution in [1.29, 1.82) is 0 Å². The number of aromatic nitrogens is 1. The largest absolute Gasteiger partial charge is 0.337 e. The molecule has 3 nitrogen and oxygen atoms in total. The Bertz CT molecular complexity index is 586. The lowest BCUT2D eigenvalue weighted by molar-refractivity contribution is 0.0785. The number of rotatable bonds is 3. The summed E-state index contributed by atoms with van der Waals surface area (Å²) in [6.45, 7) is 0.379. The van der Waals surface area contributed by atoms with E-state index in [-0.39, 0.29) is 11.7 Å². The van der Waals surface area contributed by atoms with Gasteiger partial charge in [-0.15, -0.1) is 0 Å². The van der Waals surface area contributed by atoms with Gasteiger partial charge in [-0.2, -0.15) is 0 Å². The highest BCUT2D eigenvalue weighted by Crippen LogP contribution is 2.16. The van der Waals surface area contributed by atoms with Gasteiger partial charge in [0.05, 0.1) is 10.6 Å². The van der Waals surface area contributed by atoms with Gasteiger partial charge in [-0.05, 0) is 23.8 Å². The van der Waals surface area contributed by atoms with Crippen LogP contribution in [0.3, 0.4) is 0 Å². The number of halogens is 2. The van der Waals surface area contributed by atoms with Crippen molar-refractivity contribution in [2.75, 3.05) is 7.05 Å². The van der Waals surface area contributed by atoms with Gasteiger partial charge in [0.2, 0.25) is 0 Å². The predicted octanol–water partition coefficient (Wildman–Crippen LogP) is 3.15. The Morgan fingerprint density at radius 1 is 1.32 bits per heavy atom. The van der Waals surface area contributed by atoms with Gasteiger partial charge in [-0.25, -0.2) is 4.39 Å². The highest BCUT2D eigenvalue weighted by atomic mass is 35.5. The van der Waals surface area contributed by atoms with Crippen LogP contribution in [0.15, 0.2) is 42.7 Å². The van der Waals surface area contributed by atoms with E-state index >= 15 is 0 Å². The van der Waals surface area contributed by atoms with Crippen LogP contribution >= 0.6 is 11.6 Å². The molecule has 0 N–H and O–H groups in total. The fourth-order valence-corrected chi connectivity index (χ4v) is 1.86. The van der Waals surface area contributed by atoms with Crippen LogP contribution in [-0.4, -0.2) is 22.8 Å². The third-order valence-corrected chi connectivity index (χ3v) is 3.01. The maximum atomic E-state index is 12.8. The molecule has 2 aromatic rings. The summed E-state index contributed by atoms with van der Waals surface area (Å²) in [6, 6.07) is 7.59. The first-order valence-corrected chi connectivity index (χ1v) is 6.05. The van der Waals surface area contributed by atoms with Crippen molar-refractivity contribution in [2.24, 2.45) is 0 Å². The summed E-state index contributed by atoms with van der Waals surface area (Å²) >= 11 is 5.95. The zero-order valence-electron chi connectivity index (χ0n) is 10.3. The van der Waals surface area contributed by atoms with Gasteiger partial charge in [0.15, 0.2) is 0 Å². The molecule has 1 aromatic carbocycles. The standard InChI is InChI=1S/C14H12ClFN2O/c1-18(9-10-2-4-11(16)5-3-10)14(19)12-8-17-7-6-13(12)15/h2-8H,9H2,1H3. The van der Waals surface area contributed by atoms with E-state index < -0.39 is 0 Å². The van der Waals surface area contributed by atoms with E-state index in [0.717, 1.165) is 5.56 Å². The summed E-state index contributed by atoms with van der Waals surface area (Å²) in [6.07, 6.45) is 2.96. The molecule has 0 aliphatic rings. The number of nitrogens with zero attached hydrogens (tertiary/aromatic N) is 2. The molecule has 0 saturated heterocycles. The van der Waals surface area contributed by atoms with Crippen LogP contribution in [0.5, 0.6) is 0 Å². The number of carbonyl (C=O) groups excluding carboxylic acids is 1. The van der Waals surface area contributed by atoms with Crippen molar-refractivity contribution in [3.05, 3.63) is 64.7 Å². The van der Waals surface area contributed by atoms with Gasteiger partial charge in [0.25, 0.3) is 5.91 Å². The van der Waals surface area contributed by atoms with Gasteiger partial charge in [0, 0.05) is 26.0 Å². The summed E-state index contributed by atoms with van der Waals surface area (Å²) in [5.74, 6) is -0.518. The molecule has 2 rings (SSSR count). The molecule has 5 heteroatoms. The van der Waals surface area contributed by atoms with Crippen molar-refractivity contribution >= 4 is 17.5 Å². The van der Waals surface area contributed by atoms with Crippen LogP contribution in [-0.2, 0) is 6.54 Å². The lowest BCUT2D eigenvalue weighted by Crippen LogP contribution is -2.26. The first kappa shape index (κ1) is 13.5. The normalized spacial score (nSPS) is 10.3. The van der Waals surface area contributed by atoms with Crippen molar-refractivity contribution in [1.82, 2.24) is 9.88 Å². The summed E-state index contributed by atoms with van der Waals surface area (Å²) in [7, 11) is 1.66. The van der Waals surface area contributed by atoms with Crippen LogP contribution in [0.25, 0.3) is 0 Å². The Morgan fingerprint density at radius 3 is 2.63 bits per heavy atom. The molecule has 0 aliphatic carbocycles. The van der Waals surface area contributed by atoms with E-state index in [9.17, 15) is 9.18 Å². The second-order valence-electron chi connectivity index (χ2n) is 4.14. The Labute approximate surface area is 115 Å². The third-order valence-electron chi connectivity index (χ3n) is 2.68. The Kier molecular flexibility index (Phi) is 4.12. The van der Waals surface area contributed by atoms with Crippen LogP contribution in [0, 0.1) is 5.82 Å². The molecule has 0 fully saturated rings.